The number of fused-ring (bicyclic) bond motifs is 1. The number of rotatable bonds is 1. The highest BCUT2D eigenvalue weighted by Gasteiger charge is 2.60. The van der Waals surface area contributed by atoms with Crippen molar-refractivity contribution in [3.63, 3.8) is 0 Å². The Morgan fingerprint density at radius 2 is 2.50 bits per heavy atom. The van der Waals surface area contributed by atoms with E-state index in [0.29, 0.717) is 6.10 Å². The maximum absolute atomic E-state index is 5.90. The molecule has 2 fully saturated rings. The maximum atomic E-state index is 5.90. The molecule has 1 aliphatic carbocycles. The van der Waals surface area contributed by atoms with Crippen LogP contribution in [-0.2, 0) is 17.4 Å². The zero-order valence-corrected chi connectivity index (χ0v) is 8.73. The van der Waals surface area contributed by atoms with E-state index in [0.717, 1.165) is 5.92 Å². The number of hydrogen-bond donors (Lipinski definition) is 0. The molecule has 0 radical (unpaired) electrons. The van der Waals surface area contributed by atoms with Crippen molar-refractivity contribution < 1.29 is 4.74 Å². The number of hydrogen-bond acceptors (Lipinski definition) is 2. The van der Waals surface area contributed by atoms with Gasteiger partial charge in [-0.25, -0.2) is 0 Å². The van der Waals surface area contributed by atoms with Crippen LogP contribution in [-0.4, -0.2) is 15.9 Å². The number of epoxide rings is 1. The average molecular weight is 192 g/mol. The predicted octanol–water partition coefficient (Wildman–Crippen LogP) is 1.83. The van der Waals surface area contributed by atoms with Crippen molar-refractivity contribution >= 4 is 0 Å². The second kappa shape index (κ2) is 2.60. The van der Waals surface area contributed by atoms with E-state index in [4.69, 9.17) is 4.74 Å². The Labute approximate surface area is 84.1 Å². The second-order valence-corrected chi connectivity index (χ2v) is 4.72. The smallest absolute Gasteiger partial charge is 0.136 e. The van der Waals surface area contributed by atoms with Crippen LogP contribution in [0.4, 0.5) is 0 Å². The van der Waals surface area contributed by atoms with Crippen LogP contribution < -0.4 is 0 Å². The molecule has 0 N–H and O–H groups in total. The third kappa shape index (κ3) is 0.989. The van der Waals surface area contributed by atoms with Gasteiger partial charge in [0, 0.05) is 13.2 Å². The number of ether oxygens (including phenoxy) is 1. The SMILES string of the molecule is C[C@@H]1CC[C@@]2(c3ccnn3C)O[C@H]2C1. The molecule has 76 valence electrons. The lowest BCUT2D eigenvalue weighted by atomic mass is 9.81. The highest BCUT2D eigenvalue weighted by atomic mass is 16.6. The lowest BCUT2D eigenvalue weighted by molar-refractivity contribution is 0.273. The van der Waals surface area contributed by atoms with Crippen molar-refractivity contribution in [2.75, 3.05) is 0 Å². The van der Waals surface area contributed by atoms with Crippen LogP contribution in [0.5, 0.6) is 0 Å². The van der Waals surface area contributed by atoms with E-state index >= 15 is 0 Å². The quantitative estimate of drug-likeness (QED) is 0.635. The third-order valence-corrected chi connectivity index (χ3v) is 3.69. The van der Waals surface area contributed by atoms with Gasteiger partial charge in [-0.15, -0.1) is 0 Å². The fourth-order valence-electron chi connectivity index (χ4n) is 2.76. The third-order valence-electron chi connectivity index (χ3n) is 3.69. The minimum Gasteiger partial charge on any atom is -0.359 e. The lowest BCUT2D eigenvalue weighted by Crippen LogP contribution is -2.23. The average Bonchev–Trinajstić information content (AvgIpc) is 2.71. The highest BCUT2D eigenvalue weighted by molar-refractivity contribution is 5.23. The van der Waals surface area contributed by atoms with Crippen LogP contribution in [0.25, 0.3) is 0 Å². The zero-order valence-electron chi connectivity index (χ0n) is 8.73. The van der Waals surface area contributed by atoms with Crippen molar-refractivity contribution in [3.05, 3.63) is 18.0 Å². The number of nitrogens with zero attached hydrogens (tertiary/aromatic N) is 2. The summed E-state index contributed by atoms with van der Waals surface area (Å²) in [6.45, 7) is 2.31. The number of aromatic nitrogens is 2. The van der Waals surface area contributed by atoms with Gasteiger partial charge in [-0.2, -0.15) is 5.10 Å². The van der Waals surface area contributed by atoms with Gasteiger partial charge in [-0.1, -0.05) is 6.92 Å². The fraction of sp³-hybridized carbons (Fsp3) is 0.727. The zero-order chi connectivity index (χ0) is 9.76. The summed E-state index contributed by atoms with van der Waals surface area (Å²) in [5.74, 6) is 0.823. The van der Waals surface area contributed by atoms with Crippen LogP contribution in [0, 0.1) is 5.92 Å². The van der Waals surface area contributed by atoms with Gasteiger partial charge in [-0.3, -0.25) is 4.68 Å². The van der Waals surface area contributed by atoms with E-state index in [1.165, 1.54) is 25.0 Å². The van der Waals surface area contributed by atoms with Crippen molar-refractivity contribution in [1.82, 2.24) is 9.78 Å². The molecule has 2 heterocycles. The molecule has 3 atom stereocenters. The first-order valence-electron chi connectivity index (χ1n) is 5.39. The molecule has 1 saturated carbocycles. The molecular formula is C11H16N2O. The van der Waals surface area contributed by atoms with Gasteiger partial charge in [0.2, 0.25) is 0 Å². The van der Waals surface area contributed by atoms with E-state index in [2.05, 4.69) is 18.1 Å². The van der Waals surface area contributed by atoms with E-state index in [9.17, 15) is 0 Å². The van der Waals surface area contributed by atoms with Gasteiger partial charge in [0.1, 0.15) is 5.60 Å². The van der Waals surface area contributed by atoms with Crippen molar-refractivity contribution in [1.29, 1.82) is 0 Å². The molecule has 1 saturated heterocycles. The molecule has 0 spiro atoms. The Kier molecular flexibility index (Phi) is 1.57. The first kappa shape index (κ1) is 8.48. The predicted molar refractivity (Wildman–Crippen MR) is 52.8 cm³/mol. The van der Waals surface area contributed by atoms with E-state index in [1.807, 2.05) is 17.9 Å². The fourth-order valence-corrected chi connectivity index (χ4v) is 2.76. The summed E-state index contributed by atoms with van der Waals surface area (Å²) in [5.41, 5.74) is 1.30. The normalized spacial score (nSPS) is 40.7. The molecule has 2 aliphatic rings. The van der Waals surface area contributed by atoms with E-state index in [-0.39, 0.29) is 5.60 Å². The van der Waals surface area contributed by atoms with Gasteiger partial charge in [-0.05, 0) is 31.2 Å². The molecule has 0 aromatic carbocycles. The minimum absolute atomic E-state index is 0.0394. The molecule has 1 aromatic heterocycles. The molecule has 14 heavy (non-hydrogen) atoms. The topological polar surface area (TPSA) is 30.4 Å². The first-order chi connectivity index (χ1) is 6.72. The van der Waals surface area contributed by atoms with Crippen LogP contribution >= 0.6 is 0 Å². The lowest BCUT2D eigenvalue weighted by Gasteiger charge is -2.21. The minimum atomic E-state index is 0.0394. The summed E-state index contributed by atoms with van der Waals surface area (Å²) in [7, 11) is 2.00. The Hall–Kier alpha value is -0.830. The van der Waals surface area contributed by atoms with Crippen LogP contribution in [0.1, 0.15) is 31.9 Å². The molecule has 3 rings (SSSR count). The molecule has 3 heteroatoms. The molecule has 3 nitrogen and oxygen atoms in total. The van der Waals surface area contributed by atoms with Gasteiger partial charge in [0.05, 0.1) is 11.8 Å². The maximum Gasteiger partial charge on any atom is 0.136 e. The van der Waals surface area contributed by atoms with E-state index in [1.54, 1.807) is 0 Å². The molecule has 0 bridgehead atoms. The largest absolute Gasteiger partial charge is 0.359 e. The highest BCUT2D eigenvalue weighted by Crippen LogP contribution is 2.56. The molecule has 0 unspecified atom stereocenters. The van der Waals surface area contributed by atoms with Gasteiger partial charge >= 0.3 is 0 Å². The first-order valence-corrected chi connectivity index (χ1v) is 5.39. The van der Waals surface area contributed by atoms with Gasteiger partial charge in [0.15, 0.2) is 0 Å². The standard InChI is InChI=1S/C11H16N2O/c1-8-3-5-11(10(7-8)14-11)9-4-6-12-13(9)2/h4,6,8,10H,3,5,7H2,1-2H3/t8-,10+,11+/m1/s1. The molecule has 1 aliphatic heterocycles. The monoisotopic (exact) mass is 192 g/mol. The summed E-state index contributed by atoms with van der Waals surface area (Å²) < 4.78 is 7.85. The Balaban J connectivity index is 1.91. The Morgan fingerprint density at radius 3 is 3.14 bits per heavy atom. The summed E-state index contributed by atoms with van der Waals surface area (Å²) in [4.78, 5) is 0. The summed E-state index contributed by atoms with van der Waals surface area (Å²) in [5, 5.41) is 4.22. The van der Waals surface area contributed by atoms with E-state index < -0.39 is 0 Å². The number of aryl methyl sites for hydroxylation is 1. The summed E-state index contributed by atoms with van der Waals surface area (Å²) in [6, 6.07) is 2.09. The van der Waals surface area contributed by atoms with Crippen LogP contribution in [0.2, 0.25) is 0 Å². The molecule has 1 aromatic rings. The summed E-state index contributed by atoms with van der Waals surface area (Å²) in [6.07, 6.45) is 5.98. The summed E-state index contributed by atoms with van der Waals surface area (Å²) >= 11 is 0. The molecule has 0 amide bonds. The molecular weight excluding hydrogens is 176 g/mol. The van der Waals surface area contributed by atoms with Crippen LogP contribution in [0.3, 0.4) is 0 Å². The van der Waals surface area contributed by atoms with Gasteiger partial charge in [0.25, 0.3) is 0 Å². The van der Waals surface area contributed by atoms with Crippen molar-refractivity contribution in [2.45, 2.75) is 37.9 Å². The van der Waals surface area contributed by atoms with Crippen molar-refractivity contribution in [2.24, 2.45) is 13.0 Å². The van der Waals surface area contributed by atoms with Gasteiger partial charge < -0.3 is 4.74 Å². The van der Waals surface area contributed by atoms with Crippen LogP contribution in [0.15, 0.2) is 12.3 Å². The Bertz CT molecular complexity index is 360. The van der Waals surface area contributed by atoms with Crippen molar-refractivity contribution in [3.8, 4) is 0 Å². The second-order valence-electron chi connectivity index (χ2n) is 4.72. The Morgan fingerprint density at radius 1 is 1.64 bits per heavy atom.